The first-order valence-electron chi connectivity index (χ1n) is 7.30. The molecule has 0 radical (unpaired) electrons. The van der Waals surface area contributed by atoms with Crippen molar-refractivity contribution in [2.75, 3.05) is 10.6 Å². The molecule has 0 unspecified atom stereocenters. The minimum atomic E-state index is -0.365. The summed E-state index contributed by atoms with van der Waals surface area (Å²) in [7, 11) is 0. The maximum atomic E-state index is 11.7. The molecular weight excluding hydrogens is 326 g/mol. The largest absolute Gasteiger partial charge is 0.465 e. The zero-order valence-corrected chi connectivity index (χ0v) is 13.9. The van der Waals surface area contributed by atoms with Crippen molar-refractivity contribution in [3.05, 3.63) is 54.5 Å². The Morgan fingerprint density at radius 3 is 2.38 bits per heavy atom. The maximum absolute atomic E-state index is 11.7. The van der Waals surface area contributed by atoms with Gasteiger partial charge >= 0.3 is 0 Å². The lowest BCUT2D eigenvalue weighted by Gasteiger charge is -2.09. The molecule has 2 rings (SSSR count). The van der Waals surface area contributed by atoms with Gasteiger partial charge in [-0.25, -0.2) is 0 Å². The van der Waals surface area contributed by atoms with Gasteiger partial charge in [-0.05, 0) is 54.7 Å². The standard InChI is InChI=1S/C17H17N3O3S/c1-2-15(21)18-12-5-7-13(8-6-12)19-17(24)20-16(22)10-9-14-4-3-11-23-14/h3-11H,2H2,1H3,(H,18,21)(H2,19,20,22,24)/b10-9+. The summed E-state index contributed by atoms with van der Waals surface area (Å²) < 4.78 is 5.09. The lowest BCUT2D eigenvalue weighted by Crippen LogP contribution is -2.32. The molecule has 1 heterocycles. The molecule has 7 heteroatoms. The topological polar surface area (TPSA) is 83.4 Å². The molecule has 0 aliphatic carbocycles. The van der Waals surface area contributed by atoms with Gasteiger partial charge in [-0.3, -0.25) is 14.9 Å². The highest BCUT2D eigenvalue weighted by atomic mass is 32.1. The van der Waals surface area contributed by atoms with Crippen molar-refractivity contribution < 1.29 is 14.0 Å². The number of furan rings is 1. The fourth-order valence-electron chi connectivity index (χ4n) is 1.75. The molecule has 0 aliphatic rings. The molecule has 0 saturated heterocycles. The summed E-state index contributed by atoms with van der Waals surface area (Å²) >= 11 is 5.08. The van der Waals surface area contributed by atoms with Crippen LogP contribution in [0.3, 0.4) is 0 Å². The van der Waals surface area contributed by atoms with Crippen molar-refractivity contribution in [2.45, 2.75) is 13.3 Å². The summed E-state index contributed by atoms with van der Waals surface area (Å²) in [6.45, 7) is 1.78. The van der Waals surface area contributed by atoms with Crippen molar-refractivity contribution in [1.82, 2.24) is 5.32 Å². The van der Waals surface area contributed by atoms with Gasteiger partial charge in [0.25, 0.3) is 0 Å². The number of nitrogens with one attached hydrogen (secondary N) is 3. The van der Waals surface area contributed by atoms with Crippen LogP contribution in [-0.2, 0) is 9.59 Å². The molecular formula is C17H17N3O3S. The van der Waals surface area contributed by atoms with E-state index in [4.69, 9.17) is 16.6 Å². The van der Waals surface area contributed by atoms with Crippen LogP contribution in [0.25, 0.3) is 6.08 Å². The van der Waals surface area contributed by atoms with E-state index in [-0.39, 0.29) is 16.9 Å². The number of carbonyl (C=O) groups is 2. The van der Waals surface area contributed by atoms with Crippen molar-refractivity contribution in [2.24, 2.45) is 0 Å². The Bertz CT molecular complexity index is 737. The molecule has 0 fully saturated rings. The van der Waals surface area contributed by atoms with E-state index in [1.807, 2.05) is 0 Å². The van der Waals surface area contributed by atoms with Crippen LogP contribution in [0.15, 0.2) is 53.2 Å². The number of benzene rings is 1. The number of amides is 2. The number of hydrogen-bond acceptors (Lipinski definition) is 4. The normalized spacial score (nSPS) is 10.4. The average Bonchev–Trinajstić information content (AvgIpc) is 3.08. The summed E-state index contributed by atoms with van der Waals surface area (Å²) in [6.07, 6.45) is 4.82. The number of thiocarbonyl (C=S) groups is 1. The van der Waals surface area contributed by atoms with Gasteiger partial charge in [-0.1, -0.05) is 6.92 Å². The number of anilines is 2. The summed E-state index contributed by atoms with van der Waals surface area (Å²) in [5, 5.41) is 8.34. The molecule has 0 saturated carbocycles. The Balaban J connectivity index is 1.83. The van der Waals surface area contributed by atoms with E-state index in [0.717, 1.165) is 0 Å². The van der Waals surface area contributed by atoms with Crippen molar-refractivity contribution in [3.8, 4) is 0 Å². The summed E-state index contributed by atoms with van der Waals surface area (Å²) in [6, 6.07) is 10.5. The van der Waals surface area contributed by atoms with Gasteiger partial charge in [0, 0.05) is 23.9 Å². The van der Waals surface area contributed by atoms with Crippen molar-refractivity contribution in [1.29, 1.82) is 0 Å². The fourth-order valence-corrected chi connectivity index (χ4v) is 1.96. The van der Waals surface area contributed by atoms with E-state index >= 15 is 0 Å². The Labute approximate surface area is 144 Å². The molecule has 0 bridgehead atoms. The third kappa shape index (κ3) is 5.69. The van der Waals surface area contributed by atoms with Crippen LogP contribution in [-0.4, -0.2) is 16.9 Å². The van der Waals surface area contributed by atoms with Gasteiger partial charge in [0.05, 0.1) is 6.26 Å². The molecule has 0 atom stereocenters. The van der Waals surface area contributed by atoms with Crippen LogP contribution >= 0.6 is 12.2 Å². The van der Waals surface area contributed by atoms with Crippen LogP contribution in [0.1, 0.15) is 19.1 Å². The second kappa shape index (κ2) is 8.64. The predicted octanol–water partition coefficient (Wildman–Crippen LogP) is 3.15. The Hall–Kier alpha value is -2.93. The van der Waals surface area contributed by atoms with Gasteiger partial charge in [-0.2, -0.15) is 0 Å². The van der Waals surface area contributed by atoms with Gasteiger partial charge in [-0.15, -0.1) is 0 Å². The van der Waals surface area contributed by atoms with E-state index in [9.17, 15) is 9.59 Å². The first-order chi connectivity index (χ1) is 11.6. The molecule has 2 aromatic rings. The van der Waals surface area contributed by atoms with E-state index in [1.165, 1.54) is 12.3 Å². The Kier molecular flexibility index (Phi) is 6.27. The zero-order valence-electron chi connectivity index (χ0n) is 13.0. The highest BCUT2D eigenvalue weighted by Gasteiger charge is 2.03. The number of rotatable bonds is 5. The molecule has 1 aromatic carbocycles. The molecule has 3 N–H and O–H groups in total. The first kappa shape index (κ1) is 17.4. The summed E-state index contributed by atoms with van der Waals surface area (Å²) in [4.78, 5) is 23.0. The highest BCUT2D eigenvalue weighted by molar-refractivity contribution is 7.80. The monoisotopic (exact) mass is 343 g/mol. The number of carbonyl (C=O) groups excluding carboxylic acids is 2. The minimum Gasteiger partial charge on any atom is -0.465 e. The van der Waals surface area contributed by atoms with Gasteiger partial charge in [0.15, 0.2) is 5.11 Å². The molecule has 0 aliphatic heterocycles. The van der Waals surface area contributed by atoms with E-state index < -0.39 is 0 Å². The van der Waals surface area contributed by atoms with Crippen LogP contribution < -0.4 is 16.0 Å². The van der Waals surface area contributed by atoms with Crippen LogP contribution in [0.5, 0.6) is 0 Å². The second-order valence-corrected chi connectivity index (χ2v) is 5.18. The Morgan fingerprint density at radius 2 is 1.79 bits per heavy atom. The SMILES string of the molecule is CCC(=O)Nc1ccc(NC(=S)NC(=O)/C=C/c2ccco2)cc1. The number of hydrogen-bond donors (Lipinski definition) is 3. The molecule has 24 heavy (non-hydrogen) atoms. The van der Waals surface area contributed by atoms with Crippen molar-refractivity contribution in [3.63, 3.8) is 0 Å². The van der Waals surface area contributed by atoms with Gasteiger partial charge in [0.1, 0.15) is 5.76 Å². The highest BCUT2D eigenvalue weighted by Crippen LogP contribution is 2.13. The van der Waals surface area contributed by atoms with Crippen LogP contribution in [0.2, 0.25) is 0 Å². The van der Waals surface area contributed by atoms with Gasteiger partial charge in [0.2, 0.25) is 11.8 Å². The molecule has 124 valence electrons. The Morgan fingerprint density at radius 1 is 1.12 bits per heavy atom. The lowest BCUT2D eigenvalue weighted by atomic mass is 10.2. The average molecular weight is 343 g/mol. The van der Waals surface area contributed by atoms with E-state index in [0.29, 0.717) is 23.6 Å². The smallest absolute Gasteiger partial charge is 0.250 e. The lowest BCUT2D eigenvalue weighted by molar-refractivity contribution is -0.116. The quantitative estimate of drug-likeness (QED) is 0.574. The first-order valence-corrected chi connectivity index (χ1v) is 7.71. The zero-order chi connectivity index (χ0) is 17.4. The molecule has 6 nitrogen and oxygen atoms in total. The summed E-state index contributed by atoms with van der Waals surface area (Å²) in [5.41, 5.74) is 1.40. The minimum absolute atomic E-state index is 0.0539. The fraction of sp³-hybridized carbons (Fsp3) is 0.118. The maximum Gasteiger partial charge on any atom is 0.250 e. The predicted molar refractivity (Wildman–Crippen MR) is 97.5 cm³/mol. The molecule has 2 amide bonds. The van der Waals surface area contributed by atoms with Gasteiger partial charge < -0.3 is 15.1 Å². The second-order valence-electron chi connectivity index (χ2n) is 4.77. The van der Waals surface area contributed by atoms with Crippen molar-refractivity contribution >= 4 is 46.6 Å². The third-order valence-electron chi connectivity index (χ3n) is 2.93. The molecule has 1 aromatic heterocycles. The van der Waals surface area contributed by atoms with E-state index in [2.05, 4.69) is 16.0 Å². The van der Waals surface area contributed by atoms with E-state index in [1.54, 1.807) is 49.4 Å². The summed E-state index contributed by atoms with van der Waals surface area (Å²) in [5.74, 6) is 0.159. The van der Waals surface area contributed by atoms with Crippen LogP contribution in [0.4, 0.5) is 11.4 Å². The molecule has 0 spiro atoms. The third-order valence-corrected chi connectivity index (χ3v) is 3.13. The van der Waals surface area contributed by atoms with Crippen LogP contribution in [0, 0.1) is 0 Å².